The van der Waals surface area contributed by atoms with E-state index in [0.29, 0.717) is 0 Å². The minimum Gasteiger partial charge on any atom is -0.377 e. The van der Waals surface area contributed by atoms with E-state index in [0.717, 1.165) is 13.2 Å². The third-order valence-corrected chi connectivity index (χ3v) is 2.21. The maximum atomic E-state index is 5.35. The van der Waals surface area contributed by atoms with Crippen molar-refractivity contribution in [2.24, 2.45) is 0 Å². The molecule has 0 amide bonds. The Morgan fingerprint density at radius 3 is 2.00 bits per heavy atom. The lowest BCUT2D eigenvalue weighted by atomic mass is 9.99. The SMILES string of the molecule is C=C(C)/C(C)=C1\CCCOC1.CC.CC. The first kappa shape index (κ1) is 16.9. The van der Waals surface area contributed by atoms with Crippen molar-refractivity contribution in [2.75, 3.05) is 13.2 Å². The van der Waals surface area contributed by atoms with Crippen molar-refractivity contribution in [1.29, 1.82) is 0 Å². The highest BCUT2D eigenvalue weighted by Gasteiger charge is 2.08. The van der Waals surface area contributed by atoms with E-state index in [1.165, 1.54) is 29.6 Å². The van der Waals surface area contributed by atoms with Crippen LogP contribution in [0.1, 0.15) is 54.4 Å². The van der Waals surface area contributed by atoms with Crippen LogP contribution in [0.4, 0.5) is 0 Å². The molecule has 1 heterocycles. The minimum absolute atomic E-state index is 0.818. The quantitative estimate of drug-likeness (QED) is 0.610. The van der Waals surface area contributed by atoms with E-state index in [-0.39, 0.29) is 0 Å². The normalized spacial score (nSPS) is 17.7. The maximum Gasteiger partial charge on any atom is 0.0682 e. The van der Waals surface area contributed by atoms with Crippen molar-refractivity contribution in [3.63, 3.8) is 0 Å². The highest BCUT2D eigenvalue weighted by Crippen LogP contribution is 2.20. The molecule has 0 aliphatic carbocycles. The topological polar surface area (TPSA) is 9.23 Å². The van der Waals surface area contributed by atoms with Crippen LogP contribution < -0.4 is 0 Å². The Kier molecular flexibility index (Phi) is 12.9. The molecular formula is C14H28O. The van der Waals surface area contributed by atoms with Crippen molar-refractivity contribution in [3.05, 3.63) is 23.3 Å². The summed E-state index contributed by atoms with van der Waals surface area (Å²) >= 11 is 0. The standard InChI is InChI=1S/C10H16O.2C2H6/c1-8(2)9(3)10-5-4-6-11-7-10;2*1-2/h1,4-7H2,2-3H3;2*1-2H3/b10-9+;;. The molecule has 1 saturated heterocycles. The first-order chi connectivity index (χ1) is 7.22. The van der Waals surface area contributed by atoms with Gasteiger partial charge in [0, 0.05) is 6.61 Å². The monoisotopic (exact) mass is 212 g/mol. The zero-order chi connectivity index (χ0) is 12.3. The fourth-order valence-electron chi connectivity index (χ4n) is 1.25. The summed E-state index contributed by atoms with van der Waals surface area (Å²) in [5.74, 6) is 0. The number of rotatable bonds is 1. The van der Waals surface area contributed by atoms with Gasteiger partial charge in [-0.1, -0.05) is 39.8 Å². The predicted molar refractivity (Wildman–Crippen MR) is 70.3 cm³/mol. The lowest BCUT2D eigenvalue weighted by Gasteiger charge is -2.17. The van der Waals surface area contributed by atoms with Gasteiger partial charge in [0.2, 0.25) is 0 Å². The molecule has 0 saturated carbocycles. The Morgan fingerprint density at radius 2 is 1.67 bits per heavy atom. The van der Waals surface area contributed by atoms with Gasteiger partial charge in [0.1, 0.15) is 0 Å². The molecule has 0 aromatic rings. The lowest BCUT2D eigenvalue weighted by Crippen LogP contribution is -2.09. The van der Waals surface area contributed by atoms with Crippen LogP contribution in [0.5, 0.6) is 0 Å². The molecule has 0 radical (unpaired) electrons. The van der Waals surface area contributed by atoms with E-state index in [1.807, 2.05) is 27.7 Å². The largest absolute Gasteiger partial charge is 0.377 e. The van der Waals surface area contributed by atoms with Gasteiger partial charge in [0.25, 0.3) is 0 Å². The van der Waals surface area contributed by atoms with Gasteiger partial charge in [-0.25, -0.2) is 0 Å². The van der Waals surface area contributed by atoms with Crippen LogP contribution >= 0.6 is 0 Å². The molecule has 1 nitrogen and oxygen atoms in total. The van der Waals surface area contributed by atoms with Gasteiger partial charge in [-0.2, -0.15) is 0 Å². The van der Waals surface area contributed by atoms with Crippen LogP contribution in [0, 0.1) is 0 Å². The van der Waals surface area contributed by atoms with Crippen LogP contribution in [-0.4, -0.2) is 13.2 Å². The van der Waals surface area contributed by atoms with Gasteiger partial charge < -0.3 is 4.74 Å². The molecule has 1 rings (SSSR count). The van der Waals surface area contributed by atoms with Gasteiger partial charge >= 0.3 is 0 Å². The molecule has 1 aliphatic heterocycles. The predicted octanol–water partition coefficient (Wildman–Crippen LogP) is 4.74. The second kappa shape index (κ2) is 11.5. The Labute approximate surface area is 96.2 Å². The van der Waals surface area contributed by atoms with Crippen LogP contribution in [0.15, 0.2) is 23.3 Å². The number of allylic oxidation sites excluding steroid dienone is 2. The zero-order valence-electron chi connectivity index (χ0n) is 11.4. The Morgan fingerprint density at radius 1 is 1.13 bits per heavy atom. The van der Waals surface area contributed by atoms with E-state index in [9.17, 15) is 0 Å². The summed E-state index contributed by atoms with van der Waals surface area (Å²) < 4.78 is 5.35. The third kappa shape index (κ3) is 7.38. The second-order valence-electron chi connectivity index (χ2n) is 3.17. The molecule has 0 aromatic heterocycles. The highest BCUT2D eigenvalue weighted by molar-refractivity contribution is 5.30. The molecule has 1 heteroatoms. The third-order valence-electron chi connectivity index (χ3n) is 2.21. The van der Waals surface area contributed by atoms with Crippen molar-refractivity contribution >= 4 is 0 Å². The Bertz CT molecular complexity index is 182. The minimum atomic E-state index is 0.818. The van der Waals surface area contributed by atoms with Crippen molar-refractivity contribution in [3.8, 4) is 0 Å². The van der Waals surface area contributed by atoms with Gasteiger partial charge in [-0.05, 0) is 37.8 Å². The lowest BCUT2D eigenvalue weighted by molar-refractivity contribution is 0.129. The van der Waals surface area contributed by atoms with Gasteiger partial charge in [0.15, 0.2) is 0 Å². The van der Waals surface area contributed by atoms with Crippen LogP contribution in [-0.2, 0) is 4.74 Å². The van der Waals surface area contributed by atoms with E-state index in [1.54, 1.807) is 0 Å². The first-order valence-electron chi connectivity index (χ1n) is 6.14. The Balaban J connectivity index is 0. The molecule has 0 atom stereocenters. The second-order valence-corrected chi connectivity index (χ2v) is 3.17. The van der Waals surface area contributed by atoms with Crippen LogP contribution in [0.3, 0.4) is 0 Å². The summed E-state index contributed by atoms with van der Waals surface area (Å²) in [7, 11) is 0. The number of hydrogen-bond donors (Lipinski definition) is 0. The number of ether oxygens (including phenoxy) is 1. The van der Waals surface area contributed by atoms with Gasteiger partial charge in [-0.15, -0.1) is 0 Å². The summed E-state index contributed by atoms with van der Waals surface area (Å²) in [6, 6.07) is 0. The molecule has 0 aromatic carbocycles. The fraction of sp³-hybridized carbons (Fsp3) is 0.714. The summed E-state index contributed by atoms with van der Waals surface area (Å²) in [6.45, 7) is 17.8. The Hall–Kier alpha value is -0.560. The van der Waals surface area contributed by atoms with E-state index in [4.69, 9.17) is 4.74 Å². The molecular weight excluding hydrogens is 184 g/mol. The highest BCUT2D eigenvalue weighted by atomic mass is 16.5. The molecule has 0 bridgehead atoms. The van der Waals surface area contributed by atoms with Crippen LogP contribution in [0.2, 0.25) is 0 Å². The smallest absolute Gasteiger partial charge is 0.0682 e. The average molecular weight is 212 g/mol. The van der Waals surface area contributed by atoms with Crippen molar-refractivity contribution < 1.29 is 4.74 Å². The van der Waals surface area contributed by atoms with E-state index >= 15 is 0 Å². The maximum absolute atomic E-state index is 5.35. The summed E-state index contributed by atoms with van der Waals surface area (Å²) in [5.41, 5.74) is 3.94. The summed E-state index contributed by atoms with van der Waals surface area (Å²) in [4.78, 5) is 0. The fourth-order valence-corrected chi connectivity index (χ4v) is 1.25. The average Bonchev–Trinajstić information content (AvgIpc) is 2.34. The molecule has 1 fully saturated rings. The molecule has 1 aliphatic rings. The van der Waals surface area contributed by atoms with Crippen molar-refractivity contribution in [1.82, 2.24) is 0 Å². The molecule has 0 spiro atoms. The van der Waals surface area contributed by atoms with Crippen LogP contribution in [0.25, 0.3) is 0 Å². The molecule has 0 unspecified atom stereocenters. The molecule has 0 N–H and O–H groups in total. The molecule has 90 valence electrons. The zero-order valence-corrected chi connectivity index (χ0v) is 11.4. The summed E-state index contributed by atoms with van der Waals surface area (Å²) in [6.07, 6.45) is 2.36. The van der Waals surface area contributed by atoms with E-state index in [2.05, 4.69) is 20.4 Å². The van der Waals surface area contributed by atoms with E-state index < -0.39 is 0 Å². The van der Waals surface area contributed by atoms with Gasteiger partial charge in [0.05, 0.1) is 6.61 Å². The summed E-state index contributed by atoms with van der Waals surface area (Å²) in [5, 5.41) is 0. The molecule has 15 heavy (non-hydrogen) atoms. The van der Waals surface area contributed by atoms with Crippen molar-refractivity contribution in [2.45, 2.75) is 54.4 Å². The first-order valence-corrected chi connectivity index (χ1v) is 6.14. The number of hydrogen-bond acceptors (Lipinski definition) is 1. The van der Waals surface area contributed by atoms with Gasteiger partial charge in [-0.3, -0.25) is 0 Å².